The van der Waals surface area contributed by atoms with Crippen LogP contribution in [0.4, 0.5) is 5.82 Å². The van der Waals surface area contributed by atoms with Gasteiger partial charge < -0.3 is 23.6 Å². The van der Waals surface area contributed by atoms with Gasteiger partial charge in [0, 0.05) is 11.8 Å². The lowest BCUT2D eigenvalue weighted by Gasteiger charge is -2.41. The van der Waals surface area contributed by atoms with Gasteiger partial charge in [-0.05, 0) is 60.7 Å². The summed E-state index contributed by atoms with van der Waals surface area (Å²) in [6.45, 7) is 22.2. The Bertz CT molecular complexity index is 1260. The van der Waals surface area contributed by atoms with Gasteiger partial charge in [0.1, 0.15) is 24.1 Å². The summed E-state index contributed by atoms with van der Waals surface area (Å²) >= 11 is 1.57. The standard InChI is InChI=1S/C30H49N3O6SSi2/c1-29(2,3)41(8,9)37-19-22-24(36-20-40-7)25(39-42(10,11)30(4,5)6)27(38-22)33-18-17-23(32-28(33)35)31-26(34)21-15-13-12-14-16-21/h12-18,22,24-25,27H,19-20H2,1-11H3,(H,31,32,34,35)/t22-,24?,25?,27-/m1/s1. The van der Waals surface area contributed by atoms with Crippen LogP contribution in [0.3, 0.4) is 0 Å². The molecule has 3 rings (SSSR count). The van der Waals surface area contributed by atoms with Gasteiger partial charge in [0.2, 0.25) is 0 Å². The number of ether oxygens (including phenoxy) is 2. The van der Waals surface area contributed by atoms with E-state index in [4.69, 9.17) is 18.3 Å². The van der Waals surface area contributed by atoms with Crippen LogP contribution in [0.5, 0.6) is 0 Å². The van der Waals surface area contributed by atoms with Crippen LogP contribution < -0.4 is 11.0 Å². The van der Waals surface area contributed by atoms with Gasteiger partial charge in [0.25, 0.3) is 5.91 Å². The van der Waals surface area contributed by atoms with Crippen LogP contribution >= 0.6 is 11.8 Å². The zero-order valence-electron chi connectivity index (χ0n) is 27.0. The summed E-state index contributed by atoms with van der Waals surface area (Å²) in [7, 11) is -4.41. The summed E-state index contributed by atoms with van der Waals surface area (Å²) < 4.78 is 28.0. The fourth-order valence-corrected chi connectivity index (χ4v) is 6.61. The highest BCUT2D eigenvalue weighted by molar-refractivity contribution is 7.98. The Hall–Kier alpha value is -1.81. The second-order valence-electron chi connectivity index (χ2n) is 13.8. The molecule has 1 aliphatic rings. The van der Waals surface area contributed by atoms with Gasteiger partial charge in [0.15, 0.2) is 22.9 Å². The lowest BCUT2D eigenvalue weighted by atomic mass is 10.1. The molecule has 0 aliphatic carbocycles. The molecule has 1 aliphatic heterocycles. The molecule has 1 aromatic heterocycles. The Balaban J connectivity index is 1.97. The highest BCUT2D eigenvalue weighted by Crippen LogP contribution is 2.43. The third-order valence-electron chi connectivity index (χ3n) is 8.70. The van der Waals surface area contributed by atoms with Gasteiger partial charge in [-0.15, -0.1) is 11.8 Å². The molecule has 9 nitrogen and oxygen atoms in total. The molecule has 0 radical (unpaired) electrons. The molecule has 0 saturated carbocycles. The van der Waals surface area contributed by atoms with E-state index >= 15 is 0 Å². The first-order valence-corrected chi connectivity index (χ1v) is 21.6. The fraction of sp³-hybridized carbons (Fsp3) is 0.633. The SMILES string of the molecule is CSCOC1C(O[Si](C)(C)C(C)(C)C)[C@H](n2ccc(NC(=O)c3ccccc3)nc2=O)O[C@@H]1CO[Si](C)(C)C(C)(C)C. The van der Waals surface area contributed by atoms with E-state index in [1.54, 1.807) is 48.3 Å². The minimum Gasteiger partial charge on any atom is -0.414 e. The first-order valence-electron chi connectivity index (χ1n) is 14.4. The van der Waals surface area contributed by atoms with Gasteiger partial charge >= 0.3 is 5.69 Å². The van der Waals surface area contributed by atoms with E-state index in [0.29, 0.717) is 18.1 Å². The number of rotatable bonds is 11. The van der Waals surface area contributed by atoms with Gasteiger partial charge in [-0.1, -0.05) is 59.7 Å². The molecule has 2 unspecified atom stereocenters. The predicted octanol–water partition coefficient (Wildman–Crippen LogP) is 6.51. The fourth-order valence-electron chi connectivity index (χ4n) is 4.02. The molecule has 1 amide bonds. The minimum atomic E-state index is -2.32. The Labute approximate surface area is 257 Å². The number of carbonyl (C=O) groups is 1. The molecule has 1 aromatic carbocycles. The molecule has 1 fully saturated rings. The Morgan fingerprint density at radius 1 is 1.00 bits per heavy atom. The minimum absolute atomic E-state index is 0.0263. The van der Waals surface area contributed by atoms with Crippen LogP contribution in [-0.4, -0.2) is 69.2 Å². The van der Waals surface area contributed by atoms with Crippen molar-refractivity contribution < 1.29 is 23.1 Å². The molecule has 0 spiro atoms. The number of thioether (sulfide) groups is 1. The van der Waals surface area contributed by atoms with E-state index in [9.17, 15) is 9.59 Å². The maximum atomic E-state index is 13.4. The molecule has 42 heavy (non-hydrogen) atoms. The Kier molecular flexibility index (Phi) is 11.1. The largest absolute Gasteiger partial charge is 0.414 e. The molecule has 2 aromatic rings. The number of benzene rings is 1. The third-order valence-corrected chi connectivity index (χ3v) is 18.0. The summed E-state index contributed by atoms with van der Waals surface area (Å²) in [4.78, 5) is 30.3. The van der Waals surface area contributed by atoms with E-state index in [1.165, 1.54) is 4.57 Å². The number of hydrogen-bond acceptors (Lipinski definition) is 8. The van der Waals surface area contributed by atoms with Crippen LogP contribution in [0.2, 0.25) is 36.3 Å². The number of amides is 1. The summed E-state index contributed by atoms with van der Waals surface area (Å²) in [5.74, 6) is 0.273. The molecule has 2 heterocycles. The van der Waals surface area contributed by atoms with Crippen molar-refractivity contribution in [3.8, 4) is 0 Å². The van der Waals surface area contributed by atoms with Crippen molar-refractivity contribution in [2.75, 3.05) is 24.1 Å². The van der Waals surface area contributed by atoms with E-state index in [1.807, 2.05) is 12.3 Å². The van der Waals surface area contributed by atoms with Crippen molar-refractivity contribution in [3.05, 3.63) is 58.6 Å². The lowest BCUT2D eigenvalue weighted by molar-refractivity contribution is -0.0547. The molecule has 234 valence electrons. The zero-order chi connectivity index (χ0) is 31.5. The number of anilines is 1. The first-order chi connectivity index (χ1) is 19.4. The second-order valence-corrected chi connectivity index (χ2v) is 24.2. The van der Waals surface area contributed by atoms with Crippen molar-refractivity contribution >= 4 is 40.1 Å². The molecule has 1 saturated heterocycles. The highest BCUT2D eigenvalue weighted by Gasteiger charge is 2.52. The Morgan fingerprint density at radius 3 is 2.17 bits per heavy atom. The monoisotopic (exact) mass is 635 g/mol. The van der Waals surface area contributed by atoms with E-state index < -0.39 is 46.9 Å². The topological polar surface area (TPSA) is 101 Å². The number of hydrogen-bond donors (Lipinski definition) is 1. The molecular weight excluding hydrogens is 587 g/mol. The van der Waals surface area contributed by atoms with Gasteiger partial charge in [-0.3, -0.25) is 9.36 Å². The first kappa shape index (κ1) is 34.7. The van der Waals surface area contributed by atoms with Crippen LogP contribution in [0.1, 0.15) is 58.1 Å². The van der Waals surface area contributed by atoms with Gasteiger partial charge in [0.05, 0.1) is 12.5 Å². The van der Waals surface area contributed by atoms with Crippen LogP contribution in [0, 0.1) is 0 Å². The van der Waals surface area contributed by atoms with Crippen molar-refractivity contribution in [3.63, 3.8) is 0 Å². The molecule has 0 bridgehead atoms. The number of aromatic nitrogens is 2. The summed E-state index contributed by atoms with van der Waals surface area (Å²) in [5, 5.41) is 2.66. The average molecular weight is 636 g/mol. The van der Waals surface area contributed by atoms with Gasteiger partial charge in [-0.2, -0.15) is 4.98 Å². The maximum absolute atomic E-state index is 13.4. The third kappa shape index (κ3) is 8.22. The van der Waals surface area contributed by atoms with E-state index in [0.717, 1.165) is 0 Å². The van der Waals surface area contributed by atoms with E-state index in [2.05, 4.69) is 78.0 Å². The van der Waals surface area contributed by atoms with Crippen molar-refractivity contribution in [1.82, 2.24) is 9.55 Å². The lowest BCUT2D eigenvalue weighted by Crippen LogP contribution is -2.50. The predicted molar refractivity (Wildman–Crippen MR) is 175 cm³/mol. The smallest absolute Gasteiger partial charge is 0.351 e. The average Bonchev–Trinajstić information content (AvgIpc) is 3.21. The normalized spacial score (nSPS) is 21.9. The number of nitrogens with one attached hydrogen (secondary N) is 1. The summed E-state index contributed by atoms with van der Waals surface area (Å²) in [5.41, 5.74) is -0.0759. The van der Waals surface area contributed by atoms with Crippen LogP contribution in [0.15, 0.2) is 47.4 Å². The van der Waals surface area contributed by atoms with Crippen molar-refractivity contribution in [2.24, 2.45) is 0 Å². The van der Waals surface area contributed by atoms with Crippen molar-refractivity contribution in [2.45, 2.75) is 102 Å². The van der Waals surface area contributed by atoms with Crippen molar-refractivity contribution in [1.29, 1.82) is 0 Å². The van der Waals surface area contributed by atoms with Crippen LogP contribution in [-0.2, 0) is 18.3 Å². The molecule has 1 N–H and O–H groups in total. The Morgan fingerprint density at radius 2 is 1.62 bits per heavy atom. The molecule has 12 heteroatoms. The van der Waals surface area contributed by atoms with E-state index in [-0.39, 0.29) is 21.8 Å². The maximum Gasteiger partial charge on any atom is 0.351 e. The van der Waals surface area contributed by atoms with Gasteiger partial charge in [-0.25, -0.2) is 4.79 Å². The zero-order valence-corrected chi connectivity index (χ0v) is 29.8. The second kappa shape index (κ2) is 13.5. The number of carbonyl (C=O) groups excluding carboxylic acids is 1. The summed E-state index contributed by atoms with van der Waals surface area (Å²) in [6.07, 6.45) is 1.34. The molecule has 4 atom stereocenters. The van der Waals surface area contributed by atoms with Crippen LogP contribution in [0.25, 0.3) is 0 Å². The quantitative estimate of drug-likeness (QED) is 0.220. The molecular formula is C30H49N3O6SSi2. The summed E-state index contributed by atoms with van der Waals surface area (Å²) in [6, 6.07) is 10.4. The number of nitrogens with zero attached hydrogens (tertiary/aromatic N) is 2. The highest BCUT2D eigenvalue weighted by atomic mass is 32.2.